The Bertz CT molecular complexity index is 1090. The number of nitrogens with zero attached hydrogens (tertiary/aromatic N) is 4. The van der Waals surface area contributed by atoms with Gasteiger partial charge in [-0.25, -0.2) is 9.78 Å². The van der Waals surface area contributed by atoms with E-state index in [9.17, 15) is 14.4 Å². The number of aromatic amines is 1. The highest BCUT2D eigenvalue weighted by Crippen LogP contribution is 2.24. The number of nitrogen functional groups attached to an aromatic ring is 1. The van der Waals surface area contributed by atoms with Gasteiger partial charge in [0, 0.05) is 32.4 Å². The number of H-pyrrole nitrogens is 1. The summed E-state index contributed by atoms with van der Waals surface area (Å²) in [5, 5.41) is 0.755. The van der Waals surface area contributed by atoms with Crippen molar-refractivity contribution in [2.24, 2.45) is 11.8 Å². The monoisotopic (exact) mass is 480 g/mol. The Balaban J connectivity index is 2.39. The van der Waals surface area contributed by atoms with Crippen LogP contribution in [0, 0.1) is 25.7 Å². The van der Waals surface area contributed by atoms with Crippen LogP contribution in [-0.2, 0) is 22.6 Å². The molecule has 2 aromatic heterocycles. The summed E-state index contributed by atoms with van der Waals surface area (Å²) in [6.45, 7) is 13.5. The van der Waals surface area contributed by atoms with Crippen LogP contribution in [0.25, 0.3) is 0 Å². The standard InChI is InChI=1S/C22H36N6O4S/c1-13(2)10-27-16(6)15(5)24-22(27)33-12-17(29)26(8-9-32-7)18-19(23)28(11-14(3)4)21(31)25-20(18)30/h13-14H,8-12,23H2,1-7H3,(H,25,30,31). The fourth-order valence-corrected chi connectivity index (χ4v) is 4.42. The van der Waals surface area contributed by atoms with E-state index in [2.05, 4.69) is 28.4 Å². The normalized spacial score (nSPS) is 11.5. The summed E-state index contributed by atoms with van der Waals surface area (Å²) in [5.41, 5.74) is 6.91. The van der Waals surface area contributed by atoms with Gasteiger partial charge < -0.3 is 19.9 Å². The number of nitrogens with two attached hydrogens (primary N) is 1. The van der Waals surface area contributed by atoms with Gasteiger partial charge in [-0.2, -0.15) is 0 Å². The van der Waals surface area contributed by atoms with Crippen LogP contribution in [0.4, 0.5) is 11.5 Å². The zero-order valence-electron chi connectivity index (χ0n) is 20.6. The second-order valence-electron chi connectivity index (χ2n) is 8.89. The predicted octanol–water partition coefficient (Wildman–Crippen LogP) is 2.02. The molecule has 33 heavy (non-hydrogen) atoms. The highest BCUT2D eigenvalue weighted by atomic mass is 32.2. The molecule has 0 radical (unpaired) electrons. The second-order valence-corrected chi connectivity index (χ2v) is 9.84. The molecular formula is C22H36N6O4S. The van der Waals surface area contributed by atoms with E-state index >= 15 is 0 Å². The van der Waals surface area contributed by atoms with Crippen molar-refractivity contribution in [3.05, 3.63) is 32.2 Å². The third kappa shape index (κ3) is 6.50. The van der Waals surface area contributed by atoms with Gasteiger partial charge in [0.25, 0.3) is 5.56 Å². The topological polar surface area (TPSA) is 128 Å². The number of thioether (sulfide) groups is 1. The van der Waals surface area contributed by atoms with Crippen LogP contribution < -0.4 is 21.9 Å². The van der Waals surface area contributed by atoms with Crippen LogP contribution in [0.2, 0.25) is 0 Å². The Kier molecular flexibility index (Phi) is 9.35. The van der Waals surface area contributed by atoms with Crippen LogP contribution in [0.1, 0.15) is 39.1 Å². The number of anilines is 2. The summed E-state index contributed by atoms with van der Waals surface area (Å²) in [4.78, 5) is 46.5. The molecule has 184 valence electrons. The molecule has 0 atom stereocenters. The quantitative estimate of drug-likeness (QED) is 0.471. The smallest absolute Gasteiger partial charge is 0.330 e. The highest BCUT2D eigenvalue weighted by Gasteiger charge is 2.25. The van der Waals surface area contributed by atoms with Crippen molar-refractivity contribution in [3.8, 4) is 0 Å². The third-order valence-corrected chi connectivity index (χ3v) is 6.11. The lowest BCUT2D eigenvalue weighted by molar-refractivity contribution is -0.116. The average molecular weight is 481 g/mol. The molecule has 2 aromatic rings. The molecule has 0 saturated heterocycles. The maximum Gasteiger partial charge on any atom is 0.330 e. The maximum absolute atomic E-state index is 13.3. The summed E-state index contributed by atoms with van der Waals surface area (Å²) in [6, 6.07) is 0. The van der Waals surface area contributed by atoms with Gasteiger partial charge in [0.1, 0.15) is 5.82 Å². The molecule has 0 aliphatic carbocycles. The van der Waals surface area contributed by atoms with E-state index in [1.54, 1.807) is 0 Å². The van der Waals surface area contributed by atoms with Gasteiger partial charge in [-0.15, -0.1) is 0 Å². The number of nitrogens with one attached hydrogen (secondary N) is 1. The van der Waals surface area contributed by atoms with Crippen LogP contribution >= 0.6 is 11.8 Å². The van der Waals surface area contributed by atoms with Gasteiger partial charge in [-0.3, -0.25) is 19.1 Å². The number of rotatable bonds is 11. The fourth-order valence-electron chi connectivity index (χ4n) is 3.45. The minimum atomic E-state index is -0.694. The molecule has 3 N–H and O–H groups in total. The lowest BCUT2D eigenvalue weighted by atomic mass is 10.2. The number of aromatic nitrogens is 4. The molecule has 2 rings (SSSR count). The minimum Gasteiger partial charge on any atom is -0.383 e. The predicted molar refractivity (Wildman–Crippen MR) is 132 cm³/mol. The largest absolute Gasteiger partial charge is 0.383 e. The molecule has 0 aliphatic rings. The van der Waals surface area contributed by atoms with Crippen LogP contribution in [0.3, 0.4) is 0 Å². The third-order valence-electron chi connectivity index (χ3n) is 5.15. The summed E-state index contributed by atoms with van der Waals surface area (Å²) in [5.74, 6) is 0.248. The second kappa shape index (κ2) is 11.6. The fraction of sp³-hybridized carbons (Fsp3) is 0.636. The van der Waals surface area contributed by atoms with E-state index in [0.717, 1.165) is 23.1 Å². The SMILES string of the molecule is COCCN(C(=O)CSc1nc(C)c(C)n1CC(C)C)c1c(N)n(CC(C)C)c(=O)[nH]c1=O. The Hall–Kier alpha value is -2.53. The van der Waals surface area contributed by atoms with Crippen molar-refractivity contribution in [1.29, 1.82) is 0 Å². The highest BCUT2D eigenvalue weighted by molar-refractivity contribution is 7.99. The van der Waals surface area contributed by atoms with Crippen molar-refractivity contribution in [2.45, 2.75) is 59.8 Å². The van der Waals surface area contributed by atoms with Gasteiger partial charge in [-0.05, 0) is 25.7 Å². The van der Waals surface area contributed by atoms with Crippen molar-refractivity contribution >= 4 is 29.2 Å². The molecular weight excluding hydrogens is 444 g/mol. The van der Waals surface area contributed by atoms with Gasteiger partial charge in [0.05, 0.1) is 18.1 Å². The van der Waals surface area contributed by atoms with Crippen LogP contribution in [0.5, 0.6) is 0 Å². The number of hydrogen-bond donors (Lipinski definition) is 2. The van der Waals surface area contributed by atoms with Crippen LogP contribution in [-0.4, -0.2) is 51.0 Å². The van der Waals surface area contributed by atoms with Gasteiger partial charge >= 0.3 is 5.69 Å². The zero-order chi connectivity index (χ0) is 24.9. The van der Waals surface area contributed by atoms with E-state index in [0.29, 0.717) is 12.5 Å². The van der Waals surface area contributed by atoms with Crippen LogP contribution in [0.15, 0.2) is 14.7 Å². The van der Waals surface area contributed by atoms with E-state index in [4.69, 9.17) is 10.5 Å². The van der Waals surface area contributed by atoms with Crippen molar-refractivity contribution < 1.29 is 9.53 Å². The summed E-state index contributed by atoms with van der Waals surface area (Å²) in [6.07, 6.45) is 0. The van der Waals surface area contributed by atoms with Crippen molar-refractivity contribution in [2.75, 3.05) is 36.6 Å². The molecule has 0 fully saturated rings. The first-order chi connectivity index (χ1) is 15.5. The number of aryl methyl sites for hydroxylation is 1. The van der Waals surface area contributed by atoms with Crippen molar-refractivity contribution in [1.82, 2.24) is 19.1 Å². The zero-order valence-corrected chi connectivity index (χ0v) is 21.4. The van der Waals surface area contributed by atoms with Crippen molar-refractivity contribution in [3.63, 3.8) is 0 Å². The molecule has 0 unspecified atom stereocenters. The molecule has 0 aliphatic heterocycles. The number of imidazole rings is 1. The Morgan fingerprint density at radius 2 is 1.76 bits per heavy atom. The van der Waals surface area contributed by atoms with E-state index < -0.39 is 11.2 Å². The number of carbonyl (C=O) groups excluding carboxylic acids is 1. The lowest BCUT2D eigenvalue weighted by Gasteiger charge is -2.24. The molecule has 1 amide bonds. The lowest BCUT2D eigenvalue weighted by Crippen LogP contribution is -2.43. The summed E-state index contributed by atoms with van der Waals surface area (Å²) >= 11 is 1.32. The summed E-state index contributed by atoms with van der Waals surface area (Å²) in [7, 11) is 1.51. The molecule has 0 saturated carbocycles. The molecule has 0 bridgehead atoms. The number of ether oxygens (including phenoxy) is 1. The average Bonchev–Trinajstić information content (AvgIpc) is 2.98. The Morgan fingerprint density at radius 1 is 1.15 bits per heavy atom. The van der Waals surface area contributed by atoms with Gasteiger partial charge in [0.15, 0.2) is 10.8 Å². The van der Waals surface area contributed by atoms with E-state index in [1.807, 2.05) is 27.7 Å². The first-order valence-corrected chi connectivity index (χ1v) is 12.0. The first kappa shape index (κ1) is 26.7. The molecule has 0 aromatic carbocycles. The number of amides is 1. The van der Waals surface area contributed by atoms with Gasteiger partial charge in [0.2, 0.25) is 5.91 Å². The number of hydrogen-bond acceptors (Lipinski definition) is 7. The first-order valence-electron chi connectivity index (χ1n) is 11.1. The molecule has 0 spiro atoms. The number of methoxy groups -OCH3 is 1. The Labute approximate surface area is 198 Å². The van der Waals surface area contributed by atoms with Gasteiger partial charge in [-0.1, -0.05) is 39.5 Å². The number of carbonyl (C=O) groups is 1. The minimum absolute atomic E-state index is 0.0279. The summed E-state index contributed by atoms with van der Waals surface area (Å²) < 4.78 is 8.56. The van der Waals surface area contributed by atoms with E-state index in [1.165, 1.54) is 28.3 Å². The molecule has 10 nitrogen and oxygen atoms in total. The molecule has 2 heterocycles. The Morgan fingerprint density at radius 3 is 2.33 bits per heavy atom. The maximum atomic E-state index is 13.3. The van der Waals surface area contributed by atoms with E-state index in [-0.39, 0.29) is 42.2 Å². The molecule has 11 heteroatoms.